The van der Waals surface area contributed by atoms with E-state index in [9.17, 15) is 4.79 Å². The summed E-state index contributed by atoms with van der Waals surface area (Å²) in [6.07, 6.45) is -0.0299. The van der Waals surface area contributed by atoms with Crippen LogP contribution in [0.2, 0.25) is 0 Å². The number of guanidine groups is 1. The molecule has 5 nitrogen and oxygen atoms in total. The fourth-order valence-electron chi connectivity index (χ4n) is 0.281. The average Bonchev–Trinajstić information content (AvgIpc) is 1.90. The van der Waals surface area contributed by atoms with Crippen LogP contribution >= 0.6 is 0 Å². The molecule has 0 bridgehead atoms. The summed E-state index contributed by atoms with van der Waals surface area (Å²) in [5.74, 6) is -0.976. The van der Waals surface area contributed by atoms with Gasteiger partial charge in [0.2, 0.25) is 0 Å². The summed E-state index contributed by atoms with van der Waals surface area (Å²) in [6.45, 7) is 4.15. The summed E-state index contributed by atoms with van der Waals surface area (Å²) < 4.78 is 0. The highest BCUT2D eigenvalue weighted by Crippen LogP contribution is 1.78. The predicted molar refractivity (Wildman–Crippen MR) is 44.3 cm³/mol. The molecule has 0 aromatic carbocycles. The van der Waals surface area contributed by atoms with Crippen molar-refractivity contribution >= 4 is 11.9 Å². The molecule has 5 N–H and O–H groups in total. The molecule has 0 rings (SSSR count). The molecule has 0 radical (unpaired) electrons. The van der Waals surface area contributed by atoms with Crippen LogP contribution in [0.3, 0.4) is 0 Å². The first-order chi connectivity index (χ1) is 5.13. The first kappa shape index (κ1) is 12.4. The molecule has 0 aliphatic rings. The van der Waals surface area contributed by atoms with Crippen molar-refractivity contribution in [3.05, 3.63) is 0 Å². The molecule has 0 fully saturated rings. The Labute approximate surface area is 66.1 Å². The molecule has 0 aliphatic heterocycles. The Kier molecular flexibility index (Phi) is 9.87. The third-order valence-electron chi connectivity index (χ3n) is 0.620. The maximum Gasteiger partial charge on any atom is 0.305 e. The smallest absolute Gasteiger partial charge is 0.305 e. The van der Waals surface area contributed by atoms with E-state index >= 15 is 0 Å². The summed E-state index contributed by atoms with van der Waals surface area (Å²) >= 11 is 0. The molecule has 0 spiro atoms. The van der Waals surface area contributed by atoms with E-state index in [-0.39, 0.29) is 18.9 Å². The van der Waals surface area contributed by atoms with Crippen molar-refractivity contribution in [2.24, 2.45) is 16.5 Å². The molecule has 0 aliphatic carbocycles. The number of carboxylic acids is 1. The molecular weight excluding hydrogens is 146 g/mol. The second kappa shape index (κ2) is 8.74. The first-order valence-electron chi connectivity index (χ1n) is 3.40. The SMILES string of the molecule is CC.NC(N)=NCCC(=O)O. The zero-order chi connectivity index (χ0) is 9.28. The second-order valence-electron chi connectivity index (χ2n) is 1.45. The van der Waals surface area contributed by atoms with Crippen LogP contribution in [-0.2, 0) is 4.79 Å². The molecule has 66 valence electrons. The van der Waals surface area contributed by atoms with Crippen molar-refractivity contribution in [2.75, 3.05) is 6.54 Å². The summed E-state index contributed by atoms with van der Waals surface area (Å²) in [7, 11) is 0. The summed E-state index contributed by atoms with van der Waals surface area (Å²) in [6, 6.07) is 0. The Morgan fingerprint density at radius 3 is 2.18 bits per heavy atom. The number of carbonyl (C=O) groups is 1. The fraction of sp³-hybridized carbons (Fsp3) is 0.667. The minimum atomic E-state index is -0.903. The van der Waals surface area contributed by atoms with Crippen molar-refractivity contribution in [3.8, 4) is 0 Å². The van der Waals surface area contributed by atoms with Crippen LogP contribution in [0.4, 0.5) is 0 Å². The van der Waals surface area contributed by atoms with Crippen LogP contribution < -0.4 is 11.5 Å². The van der Waals surface area contributed by atoms with E-state index < -0.39 is 5.97 Å². The minimum Gasteiger partial charge on any atom is -0.481 e. The molecule has 0 saturated heterocycles. The van der Waals surface area contributed by atoms with E-state index in [1.165, 1.54) is 0 Å². The molecule has 0 aromatic rings. The van der Waals surface area contributed by atoms with Gasteiger partial charge in [-0.2, -0.15) is 0 Å². The highest BCUT2D eigenvalue weighted by Gasteiger charge is 1.92. The molecule has 0 amide bonds. The average molecular weight is 161 g/mol. The lowest BCUT2D eigenvalue weighted by molar-refractivity contribution is -0.136. The topological polar surface area (TPSA) is 102 Å². The van der Waals surface area contributed by atoms with Gasteiger partial charge in [-0.25, -0.2) is 0 Å². The summed E-state index contributed by atoms with van der Waals surface area (Å²) in [5.41, 5.74) is 9.83. The van der Waals surface area contributed by atoms with E-state index in [1.807, 2.05) is 13.8 Å². The molecule has 5 heteroatoms. The zero-order valence-electron chi connectivity index (χ0n) is 6.87. The van der Waals surface area contributed by atoms with E-state index in [2.05, 4.69) is 4.99 Å². The number of hydrogen-bond acceptors (Lipinski definition) is 2. The van der Waals surface area contributed by atoms with E-state index in [0.717, 1.165) is 0 Å². The number of carboxylic acid groups (broad SMARTS) is 1. The largest absolute Gasteiger partial charge is 0.481 e. The second-order valence-corrected chi connectivity index (χ2v) is 1.45. The Hall–Kier alpha value is -1.26. The van der Waals surface area contributed by atoms with Gasteiger partial charge in [0, 0.05) is 0 Å². The van der Waals surface area contributed by atoms with Crippen LogP contribution in [0, 0.1) is 0 Å². The fourth-order valence-corrected chi connectivity index (χ4v) is 0.281. The monoisotopic (exact) mass is 161 g/mol. The lowest BCUT2D eigenvalue weighted by Crippen LogP contribution is -2.23. The summed E-state index contributed by atoms with van der Waals surface area (Å²) in [5, 5.41) is 8.08. The number of rotatable bonds is 3. The van der Waals surface area contributed by atoms with Crippen LogP contribution in [0.5, 0.6) is 0 Å². The van der Waals surface area contributed by atoms with E-state index in [4.69, 9.17) is 16.6 Å². The van der Waals surface area contributed by atoms with Gasteiger partial charge < -0.3 is 16.6 Å². The molecule has 0 aromatic heterocycles. The van der Waals surface area contributed by atoms with Gasteiger partial charge in [-0.05, 0) is 0 Å². The van der Waals surface area contributed by atoms with Gasteiger partial charge in [0.15, 0.2) is 5.96 Å². The number of nitrogens with zero attached hydrogens (tertiary/aromatic N) is 1. The highest BCUT2D eigenvalue weighted by atomic mass is 16.4. The number of aliphatic imine (C=N–C) groups is 1. The number of aliphatic carboxylic acids is 1. The minimum absolute atomic E-state index is 0.0299. The van der Waals surface area contributed by atoms with Crippen LogP contribution in [-0.4, -0.2) is 23.6 Å². The Morgan fingerprint density at radius 2 is 1.91 bits per heavy atom. The van der Waals surface area contributed by atoms with Gasteiger partial charge in [0.05, 0.1) is 13.0 Å². The molecule has 0 saturated carbocycles. The quantitative estimate of drug-likeness (QED) is 0.392. The number of hydrogen-bond donors (Lipinski definition) is 3. The normalized spacial score (nSPS) is 7.45. The van der Waals surface area contributed by atoms with Crippen LogP contribution in [0.1, 0.15) is 20.3 Å². The third kappa shape index (κ3) is 17.7. The van der Waals surface area contributed by atoms with Gasteiger partial charge in [-0.3, -0.25) is 9.79 Å². The molecule has 11 heavy (non-hydrogen) atoms. The molecule has 0 unspecified atom stereocenters. The van der Waals surface area contributed by atoms with Crippen LogP contribution in [0.25, 0.3) is 0 Å². The lowest BCUT2D eigenvalue weighted by atomic mass is 10.4. The zero-order valence-corrected chi connectivity index (χ0v) is 6.87. The van der Waals surface area contributed by atoms with Gasteiger partial charge in [-0.15, -0.1) is 0 Å². The maximum absolute atomic E-state index is 9.83. The third-order valence-corrected chi connectivity index (χ3v) is 0.620. The van der Waals surface area contributed by atoms with Gasteiger partial charge >= 0.3 is 5.97 Å². The van der Waals surface area contributed by atoms with Crippen molar-refractivity contribution in [3.63, 3.8) is 0 Å². The lowest BCUT2D eigenvalue weighted by Gasteiger charge is -1.89. The van der Waals surface area contributed by atoms with Crippen molar-refractivity contribution in [2.45, 2.75) is 20.3 Å². The van der Waals surface area contributed by atoms with Crippen molar-refractivity contribution in [1.82, 2.24) is 0 Å². The summed E-state index contributed by atoms with van der Waals surface area (Å²) in [4.78, 5) is 13.3. The Morgan fingerprint density at radius 1 is 1.45 bits per heavy atom. The number of nitrogens with two attached hydrogens (primary N) is 2. The van der Waals surface area contributed by atoms with Crippen molar-refractivity contribution < 1.29 is 9.90 Å². The van der Waals surface area contributed by atoms with E-state index in [0.29, 0.717) is 0 Å². The predicted octanol–water partition coefficient (Wildman–Crippen LogP) is -0.239. The molecule has 0 atom stereocenters. The van der Waals surface area contributed by atoms with E-state index in [1.54, 1.807) is 0 Å². The maximum atomic E-state index is 9.83. The Balaban J connectivity index is 0. The van der Waals surface area contributed by atoms with Crippen molar-refractivity contribution in [1.29, 1.82) is 0 Å². The molecular formula is C6H15N3O2. The van der Waals surface area contributed by atoms with Crippen LogP contribution in [0.15, 0.2) is 4.99 Å². The van der Waals surface area contributed by atoms with Gasteiger partial charge in [-0.1, -0.05) is 13.8 Å². The Bertz CT molecular complexity index is 130. The highest BCUT2D eigenvalue weighted by molar-refractivity contribution is 5.76. The first-order valence-corrected chi connectivity index (χ1v) is 3.40. The van der Waals surface area contributed by atoms with Gasteiger partial charge in [0.1, 0.15) is 0 Å². The molecule has 0 heterocycles. The van der Waals surface area contributed by atoms with Gasteiger partial charge in [0.25, 0.3) is 0 Å². The standard InChI is InChI=1S/C4H9N3O2.C2H6/c5-4(6)7-2-1-3(8)9;1-2/h1-2H2,(H,8,9)(H4,5,6,7);1-2H3.